The van der Waals surface area contributed by atoms with E-state index in [1.807, 2.05) is 36.4 Å². The number of benzene rings is 3. The molecular formula is C33H35N3O4S. The number of carbonyl (C=O) groups is 2. The van der Waals surface area contributed by atoms with Gasteiger partial charge in [0.25, 0.3) is 5.91 Å². The summed E-state index contributed by atoms with van der Waals surface area (Å²) in [6.45, 7) is 5.98. The van der Waals surface area contributed by atoms with Crippen LogP contribution >= 0.6 is 11.3 Å². The topological polar surface area (TPSA) is 83.0 Å². The Kier molecular flexibility index (Phi) is 8.40. The number of carbonyl (C=O) groups excluding carboxylic acids is 1. The fourth-order valence-corrected chi connectivity index (χ4v) is 5.96. The molecule has 7 nitrogen and oxygen atoms in total. The molecule has 2 heterocycles. The molecule has 0 unspecified atom stereocenters. The number of carboxylic acid groups (broad SMARTS) is 1. The van der Waals surface area contributed by atoms with Crippen LogP contribution in [0, 0.1) is 19.8 Å². The molecule has 0 radical (unpaired) electrons. The van der Waals surface area contributed by atoms with Gasteiger partial charge in [-0.05, 0) is 73.2 Å². The first-order chi connectivity index (χ1) is 19.7. The van der Waals surface area contributed by atoms with Crippen molar-refractivity contribution in [2.24, 2.45) is 5.92 Å². The summed E-state index contributed by atoms with van der Waals surface area (Å²) in [5.74, 6) is -0.200. The Bertz CT molecular complexity index is 1550. The number of hydrogen-bond donors (Lipinski definition) is 1. The van der Waals surface area contributed by atoms with Gasteiger partial charge in [-0.2, -0.15) is 0 Å². The summed E-state index contributed by atoms with van der Waals surface area (Å²) < 4.78 is 6.36. The van der Waals surface area contributed by atoms with E-state index < -0.39 is 5.97 Å². The maximum Gasteiger partial charge on any atom is 0.306 e. The second-order valence-corrected chi connectivity index (χ2v) is 11.7. The highest BCUT2D eigenvalue weighted by molar-refractivity contribution is 7.14. The van der Waals surface area contributed by atoms with Crippen LogP contribution in [0.4, 0.5) is 5.13 Å². The number of nitrogens with zero attached hydrogens (tertiary/aromatic N) is 3. The first-order valence-electron chi connectivity index (χ1n) is 13.8. The Morgan fingerprint density at radius 2 is 1.71 bits per heavy atom. The molecule has 8 heteroatoms. The number of amides is 1. The zero-order chi connectivity index (χ0) is 29.1. The van der Waals surface area contributed by atoms with Gasteiger partial charge >= 0.3 is 5.97 Å². The van der Waals surface area contributed by atoms with Crippen molar-refractivity contribution in [1.29, 1.82) is 0 Å². The fraction of sp³-hybridized carbons (Fsp3) is 0.303. The molecule has 5 rings (SSSR count). The molecule has 0 spiro atoms. The second kappa shape index (κ2) is 12.1. The highest BCUT2D eigenvalue weighted by atomic mass is 32.1. The number of piperidine rings is 1. The number of ether oxygens (including phenoxy) is 1. The van der Waals surface area contributed by atoms with Crippen LogP contribution in [0.15, 0.2) is 66.0 Å². The maximum absolute atomic E-state index is 12.2. The minimum atomic E-state index is -0.706. The molecule has 1 fully saturated rings. The molecule has 4 aromatic rings. The average molecular weight is 570 g/mol. The lowest BCUT2D eigenvalue weighted by atomic mass is 9.97. The van der Waals surface area contributed by atoms with Crippen molar-refractivity contribution >= 4 is 28.3 Å². The molecule has 0 aliphatic carbocycles. The number of carboxylic acids is 1. The smallest absolute Gasteiger partial charge is 0.306 e. The van der Waals surface area contributed by atoms with Crippen molar-refractivity contribution in [2.75, 3.05) is 32.1 Å². The summed E-state index contributed by atoms with van der Waals surface area (Å²) in [6, 6.07) is 20.2. The van der Waals surface area contributed by atoms with Crippen LogP contribution in [0.2, 0.25) is 0 Å². The highest BCUT2D eigenvalue weighted by Crippen LogP contribution is 2.36. The lowest BCUT2D eigenvalue weighted by Crippen LogP contribution is -2.36. The van der Waals surface area contributed by atoms with Gasteiger partial charge in [-0.15, -0.1) is 11.3 Å². The minimum absolute atomic E-state index is 0.00930. The third kappa shape index (κ3) is 6.43. The van der Waals surface area contributed by atoms with Crippen molar-refractivity contribution in [3.05, 3.63) is 88.3 Å². The first-order valence-corrected chi connectivity index (χ1v) is 14.7. The minimum Gasteiger partial charge on any atom is -0.488 e. The molecule has 41 heavy (non-hydrogen) atoms. The van der Waals surface area contributed by atoms with Crippen molar-refractivity contribution in [3.8, 4) is 28.1 Å². The lowest BCUT2D eigenvalue weighted by Gasteiger charge is -2.29. The van der Waals surface area contributed by atoms with Gasteiger partial charge in [0.2, 0.25) is 0 Å². The van der Waals surface area contributed by atoms with E-state index in [9.17, 15) is 14.7 Å². The number of aliphatic carboxylic acids is 1. The van der Waals surface area contributed by atoms with Crippen LogP contribution in [0.3, 0.4) is 0 Å². The molecule has 1 aliphatic rings. The van der Waals surface area contributed by atoms with Crippen LogP contribution in [-0.2, 0) is 11.4 Å². The Hall–Kier alpha value is -4.17. The standard InChI is InChI=1S/C33H35N3O4S/c1-21-5-12-30(28(17-21)29-20-41-33(34-29)36-15-13-25(14-16-36)32(38)39)40-19-27-11-10-26(18-22(27)2)23-6-8-24(9-7-23)31(37)35(3)4/h5-12,17-18,20,25H,13-16,19H2,1-4H3,(H,38,39). The SMILES string of the molecule is Cc1ccc(OCc2ccc(-c3ccc(C(=O)N(C)C)cc3)cc2C)c(-c2csc(N3CCC(C(=O)O)CC3)n2)c1. The van der Waals surface area contributed by atoms with E-state index in [1.165, 1.54) is 0 Å². The summed E-state index contributed by atoms with van der Waals surface area (Å²) in [5, 5.41) is 12.3. The number of thiazole rings is 1. The van der Waals surface area contributed by atoms with Gasteiger partial charge < -0.3 is 19.6 Å². The Morgan fingerprint density at radius 1 is 1.00 bits per heavy atom. The van der Waals surface area contributed by atoms with E-state index in [0.717, 1.165) is 50.0 Å². The third-order valence-electron chi connectivity index (χ3n) is 7.61. The zero-order valence-electron chi connectivity index (χ0n) is 23.9. The molecule has 1 amide bonds. The van der Waals surface area contributed by atoms with E-state index >= 15 is 0 Å². The van der Waals surface area contributed by atoms with Crippen molar-refractivity contribution in [1.82, 2.24) is 9.88 Å². The average Bonchev–Trinajstić information content (AvgIpc) is 3.47. The summed E-state index contributed by atoms with van der Waals surface area (Å²) in [4.78, 5) is 32.2. The van der Waals surface area contributed by atoms with Gasteiger partial charge in [0.1, 0.15) is 12.4 Å². The lowest BCUT2D eigenvalue weighted by molar-refractivity contribution is -0.142. The van der Waals surface area contributed by atoms with E-state index in [-0.39, 0.29) is 11.8 Å². The molecule has 0 saturated carbocycles. The molecule has 0 bridgehead atoms. The number of aryl methyl sites for hydroxylation is 2. The van der Waals surface area contributed by atoms with Crippen molar-refractivity contribution in [3.63, 3.8) is 0 Å². The fourth-order valence-electron chi connectivity index (χ4n) is 5.08. The van der Waals surface area contributed by atoms with Crippen LogP contribution < -0.4 is 9.64 Å². The molecule has 3 aromatic carbocycles. The Morgan fingerprint density at radius 3 is 2.37 bits per heavy atom. The highest BCUT2D eigenvalue weighted by Gasteiger charge is 2.26. The van der Waals surface area contributed by atoms with Gasteiger partial charge in [0, 0.05) is 43.7 Å². The van der Waals surface area contributed by atoms with Crippen molar-refractivity contribution < 1.29 is 19.4 Å². The quantitative estimate of drug-likeness (QED) is 0.255. The van der Waals surface area contributed by atoms with Gasteiger partial charge in [-0.1, -0.05) is 42.0 Å². The number of anilines is 1. The largest absolute Gasteiger partial charge is 0.488 e. The summed E-state index contributed by atoms with van der Waals surface area (Å²) in [5.41, 5.74) is 8.00. The molecular weight excluding hydrogens is 534 g/mol. The number of aromatic nitrogens is 1. The predicted octanol–water partition coefficient (Wildman–Crippen LogP) is 6.68. The molecule has 1 saturated heterocycles. The molecule has 1 aliphatic heterocycles. The second-order valence-electron chi connectivity index (χ2n) is 10.8. The zero-order valence-corrected chi connectivity index (χ0v) is 24.7. The summed E-state index contributed by atoms with van der Waals surface area (Å²) in [6.07, 6.45) is 1.28. The van der Waals surface area contributed by atoms with Crippen LogP contribution in [0.25, 0.3) is 22.4 Å². The number of rotatable bonds is 8. The van der Waals surface area contributed by atoms with E-state index in [0.29, 0.717) is 38.1 Å². The molecule has 0 atom stereocenters. The first kappa shape index (κ1) is 28.4. The molecule has 212 valence electrons. The van der Waals surface area contributed by atoms with Gasteiger partial charge in [-0.3, -0.25) is 9.59 Å². The molecule has 1 aromatic heterocycles. The Labute approximate surface area is 245 Å². The van der Waals surface area contributed by atoms with Gasteiger partial charge in [0.05, 0.1) is 11.6 Å². The van der Waals surface area contributed by atoms with Crippen LogP contribution in [-0.4, -0.2) is 54.1 Å². The van der Waals surface area contributed by atoms with E-state index in [4.69, 9.17) is 9.72 Å². The normalized spacial score (nSPS) is 13.7. The summed E-state index contributed by atoms with van der Waals surface area (Å²) >= 11 is 1.59. The maximum atomic E-state index is 12.2. The molecule has 1 N–H and O–H groups in total. The van der Waals surface area contributed by atoms with Gasteiger partial charge in [-0.25, -0.2) is 4.98 Å². The van der Waals surface area contributed by atoms with Crippen LogP contribution in [0.1, 0.15) is 39.9 Å². The van der Waals surface area contributed by atoms with E-state index in [1.54, 1.807) is 30.3 Å². The van der Waals surface area contributed by atoms with E-state index in [2.05, 4.69) is 48.4 Å². The summed E-state index contributed by atoms with van der Waals surface area (Å²) in [7, 11) is 3.51. The van der Waals surface area contributed by atoms with Gasteiger partial charge in [0.15, 0.2) is 5.13 Å². The predicted molar refractivity (Wildman–Crippen MR) is 164 cm³/mol. The van der Waals surface area contributed by atoms with Crippen molar-refractivity contribution in [2.45, 2.75) is 33.3 Å². The monoisotopic (exact) mass is 569 g/mol. The third-order valence-corrected chi connectivity index (χ3v) is 8.52. The van der Waals surface area contributed by atoms with Crippen LogP contribution in [0.5, 0.6) is 5.75 Å². The Balaban J connectivity index is 1.29. The number of hydrogen-bond acceptors (Lipinski definition) is 6.